The summed E-state index contributed by atoms with van der Waals surface area (Å²) >= 11 is 13.5. The van der Waals surface area contributed by atoms with Crippen LogP contribution in [0.1, 0.15) is 29.7 Å². The maximum atomic E-state index is 14.0. The van der Waals surface area contributed by atoms with Crippen molar-refractivity contribution >= 4 is 76.3 Å². The molecule has 3 aromatic rings. The number of carbonyl (C=O) groups excluding carboxylic acids is 6. The Morgan fingerprint density at radius 1 is 1.02 bits per heavy atom. The molecule has 3 heterocycles. The SMILES string of the molecule is CCN1CCN(C(=O)NC(C(=O)N[C@@H]2C(=O)N3C[C@@](C(=O)OCc4ccc([N+](=O)[O-])cc4)(c4ccc(Cl)cc4)S[C@H]23)c2cc(O)c(O)cc2Cl)C(=O)C1=O. The van der Waals surface area contributed by atoms with E-state index in [1.54, 1.807) is 31.2 Å². The minimum Gasteiger partial charge on any atom is -0.504 e. The highest BCUT2D eigenvalue weighted by Crippen LogP contribution is 2.53. The van der Waals surface area contributed by atoms with Gasteiger partial charge in [0, 0.05) is 48.4 Å². The molecule has 20 heteroatoms. The van der Waals surface area contributed by atoms with Crippen molar-refractivity contribution in [2.75, 3.05) is 26.2 Å². The van der Waals surface area contributed by atoms with Crippen LogP contribution in [0, 0.1) is 10.1 Å². The van der Waals surface area contributed by atoms with Crippen molar-refractivity contribution in [2.24, 2.45) is 0 Å². The Balaban J connectivity index is 1.24. The Hall–Kier alpha value is -5.59. The third-order valence-electron chi connectivity index (χ3n) is 9.18. The molecule has 3 aromatic carbocycles. The van der Waals surface area contributed by atoms with Gasteiger partial charge in [-0.15, -0.1) is 11.8 Å². The van der Waals surface area contributed by atoms with Gasteiger partial charge >= 0.3 is 23.8 Å². The van der Waals surface area contributed by atoms with E-state index in [0.29, 0.717) is 21.0 Å². The van der Waals surface area contributed by atoms with Crippen molar-refractivity contribution < 1.29 is 48.6 Å². The van der Waals surface area contributed by atoms with Crippen LogP contribution in [0.5, 0.6) is 11.5 Å². The van der Waals surface area contributed by atoms with Gasteiger partial charge in [0.05, 0.1) is 16.5 Å². The van der Waals surface area contributed by atoms with Crippen molar-refractivity contribution in [1.29, 1.82) is 0 Å². The summed E-state index contributed by atoms with van der Waals surface area (Å²) in [6.07, 6.45) is 0. The van der Waals surface area contributed by atoms with Gasteiger partial charge < -0.3 is 35.4 Å². The summed E-state index contributed by atoms with van der Waals surface area (Å²) in [7, 11) is 0. The van der Waals surface area contributed by atoms with Crippen LogP contribution in [-0.2, 0) is 40.1 Å². The maximum Gasteiger partial charge on any atom is 0.329 e. The number of amides is 6. The quantitative estimate of drug-likeness (QED) is 0.0580. The van der Waals surface area contributed by atoms with Crippen molar-refractivity contribution in [2.45, 2.75) is 35.7 Å². The fraction of sp³-hybridized carbons (Fsp3) is 0.294. The number of ether oxygens (including phenoxy) is 1. The number of nitro benzene ring substituents is 1. The predicted molar refractivity (Wildman–Crippen MR) is 191 cm³/mol. The number of carbonyl (C=O) groups is 6. The average Bonchev–Trinajstić information content (AvgIpc) is 3.52. The topological polar surface area (TPSA) is 229 Å². The molecule has 4 N–H and O–H groups in total. The van der Waals surface area contributed by atoms with E-state index in [2.05, 4.69) is 10.6 Å². The van der Waals surface area contributed by atoms with Gasteiger partial charge in [0.1, 0.15) is 24.1 Å². The van der Waals surface area contributed by atoms with E-state index in [4.69, 9.17) is 27.9 Å². The van der Waals surface area contributed by atoms with E-state index in [9.17, 15) is 49.1 Å². The molecule has 0 bridgehead atoms. The smallest absolute Gasteiger partial charge is 0.329 e. The van der Waals surface area contributed by atoms with E-state index >= 15 is 0 Å². The second-order valence-corrected chi connectivity index (χ2v) is 14.6. The maximum absolute atomic E-state index is 14.0. The van der Waals surface area contributed by atoms with Crippen LogP contribution in [0.15, 0.2) is 60.7 Å². The summed E-state index contributed by atoms with van der Waals surface area (Å²) in [5, 5.41) is 35.5. The Morgan fingerprint density at radius 2 is 1.69 bits per heavy atom. The van der Waals surface area contributed by atoms with Crippen molar-refractivity contribution in [3.63, 3.8) is 0 Å². The first-order valence-electron chi connectivity index (χ1n) is 16.2. The summed E-state index contributed by atoms with van der Waals surface area (Å²) in [5.41, 5.74) is 0.557. The third kappa shape index (κ3) is 7.06. The second kappa shape index (κ2) is 15.0. The number of aromatic hydroxyl groups is 2. The summed E-state index contributed by atoms with van der Waals surface area (Å²) in [6, 6.07) is 9.46. The molecule has 3 aliphatic heterocycles. The lowest BCUT2D eigenvalue weighted by molar-refractivity contribution is -0.384. The van der Waals surface area contributed by atoms with E-state index in [1.807, 2.05) is 0 Å². The number of nitrogens with one attached hydrogen (secondary N) is 2. The normalized spacial score (nSPS) is 21.2. The number of halogens is 2. The molecule has 54 heavy (non-hydrogen) atoms. The molecular weight excluding hydrogens is 771 g/mol. The first-order valence-corrected chi connectivity index (χ1v) is 17.9. The summed E-state index contributed by atoms with van der Waals surface area (Å²) < 4.78 is 4.18. The molecule has 6 rings (SSSR count). The lowest BCUT2D eigenvalue weighted by atomic mass is 9.95. The number of likely N-dealkylation sites (N-methyl/N-ethyl adjacent to an activating group) is 1. The number of imide groups is 1. The number of benzene rings is 3. The first-order chi connectivity index (χ1) is 25.6. The highest BCUT2D eigenvalue weighted by Gasteiger charge is 2.63. The Bertz CT molecular complexity index is 2070. The van der Waals surface area contributed by atoms with Crippen molar-refractivity contribution in [1.82, 2.24) is 25.3 Å². The number of rotatable bonds is 10. The molecule has 3 fully saturated rings. The highest BCUT2D eigenvalue weighted by molar-refractivity contribution is 8.02. The Labute approximate surface area is 320 Å². The van der Waals surface area contributed by atoms with Crippen molar-refractivity contribution in [3.05, 3.63) is 97.5 Å². The number of hydrogen-bond acceptors (Lipinski definition) is 12. The van der Waals surface area contributed by atoms with Crippen LogP contribution in [0.25, 0.3) is 0 Å². The van der Waals surface area contributed by atoms with E-state index < -0.39 is 74.3 Å². The molecule has 0 aliphatic carbocycles. The van der Waals surface area contributed by atoms with E-state index in [1.165, 1.54) is 34.1 Å². The summed E-state index contributed by atoms with van der Waals surface area (Å²) in [5.74, 6) is -5.71. The second-order valence-electron chi connectivity index (χ2n) is 12.4. The standard InChI is InChI=1S/C34H30Cl2N6O11S/c1-2-39-11-12-40(30(48)29(39)47)33(50)38-25(21-13-23(43)24(44)14-22(21)36)27(45)37-26-28(46)41-16-34(54-31(26)41,18-5-7-19(35)8-6-18)32(49)53-15-17-3-9-20(10-4-17)42(51)52/h3-10,13-14,25-26,31,43-44H,2,11-12,15-16H2,1H3,(H,37,45)(H,38,50)/t25?,26-,31-,34+/m1/s1. The molecule has 0 radical (unpaired) electrons. The van der Waals surface area contributed by atoms with Crippen LogP contribution < -0.4 is 10.6 Å². The average molecular weight is 802 g/mol. The number of urea groups is 1. The minimum atomic E-state index is -1.76. The van der Waals surface area contributed by atoms with Crippen LogP contribution in [-0.4, -0.2) is 103 Å². The number of phenols is 2. The number of nitrogens with zero attached hydrogens (tertiary/aromatic N) is 4. The van der Waals surface area contributed by atoms with Crippen LogP contribution in [0.3, 0.4) is 0 Å². The zero-order valence-corrected chi connectivity index (χ0v) is 30.4. The fourth-order valence-corrected chi connectivity index (χ4v) is 8.28. The molecule has 17 nitrogen and oxygen atoms in total. The highest BCUT2D eigenvalue weighted by atomic mass is 35.5. The number of nitro groups is 1. The lowest BCUT2D eigenvalue weighted by Gasteiger charge is -2.42. The van der Waals surface area contributed by atoms with Crippen LogP contribution >= 0.6 is 35.0 Å². The van der Waals surface area contributed by atoms with Crippen LogP contribution in [0.4, 0.5) is 10.5 Å². The molecule has 3 aliphatic rings. The van der Waals surface area contributed by atoms with Gasteiger partial charge in [-0.3, -0.25) is 39.0 Å². The summed E-state index contributed by atoms with van der Waals surface area (Å²) in [4.78, 5) is 93.8. The Morgan fingerprint density at radius 3 is 2.33 bits per heavy atom. The number of piperazine rings is 1. The molecule has 0 spiro atoms. The number of fused-ring (bicyclic) bond motifs is 1. The number of β-lactam (4-membered cyclic amide) rings is 1. The molecule has 0 saturated carbocycles. The molecule has 3 saturated heterocycles. The molecule has 6 amide bonds. The van der Waals surface area contributed by atoms with Gasteiger partial charge in [0.2, 0.25) is 11.8 Å². The Kier molecular flexibility index (Phi) is 10.6. The third-order valence-corrected chi connectivity index (χ3v) is 11.5. The fourth-order valence-electron chi connectivity index (χ4n) is 6.21. The van der Waals surface area contributed by atoms with Gasteiger partial charge in [-0.2, -0.15) is 0 Å². The zero-order valence-electron chi connectivity index (χ0n) is 28.1. The van der Waals surface area contributed by atoms with Gasteiger partial charge in [0.15, 0.2) is 16.2 Å². The largest absolute Gasteiger partial charge is 0.504 e. The van der Waals surface area contributed by atoms with Gasteiger partial charge in [-0.05, 0) is 48.4 Å². The van der Waals surface area contributed by atoms with E-state index in [0.717, 1.165) is 23.9 Å². The molecule has 1 unspecified atom stereocenters. The predicted octanol–water partition coefficient (Wildman–Crippen LogP) is 2.79. The number of non-ortho nitro benzene ring substituents is 1. The molecule has 4 atom stereocenters. The number of esters is 1. The summed E-state index contributed by atoms with van der Waals surface area (Å²) in [6.45, 7) is 1.35. The van der Waals surface area contributed by atoms with Crippen molar-refractivity contribution in [3.8, 4) is 11.5 Å². The minimum absolute atomic E-state index is 0.0447. The number of thioether (sulfide) groups is 1. The molecular formula is C34H30Cl2N6O11S. The van der Waals surface area contributed by atoms with E-state index in [-0.39, 0.29) is 49.1 Å². The van der Waals surface area contributed by atoms with Gasteiger partial charge in [0.25, 0.3) is 5.69 Å². The first kappa shape index (κ1) is 38.1. The van der Waals surface area contributed by atoms with Crippen LogP contribution in [0.2, 0.25) is 10.0 Å². The lowest BCUT2D eigenvalue weighted by Crippen LogP contribution is -2.68. The van der Waals surface area contributed by atoms with Gasteiger partial charge in [-0.25, -0.2) is 4.79 Å². The van der Waals surface area contributed by atoms with Gasteiger partial charge in [-0.1, -0.05) is 35.3 Å². The monoisotopic (exact) mass is 800 g/mol. The zero-order chi connectivity index (χ0) is 39.1. The molecule has 282 valence electrons. The number of phenolic OH excluding ortho intramolecular Hbond substituents is 2. The number of hydrogen-bond donors (Lipinski definition) is 4. The molecule has 0 aromatic heterocycles.